The normalized spacial score (nSPS) is 12.1. The Bertz CT molecular complexity index is 687. The van der Waals surface area contributed by atoms with Gasteiger partial charge in [0.05, 0.1) is 14.2 Å². The summed E-state index contributed by atoms with van der Waals surface area (Å²) in [6.07, 6.45) is 0. The minimum Gasteiger partial charge on any atom is -0.493 e. The van der Waals surface area contributed by atoms with Gasteiger partial charge in [-0.15, -0.1) is 0 Å². The van der Waals surface area contributed by atoms with Gasteiger partial charge in [-0.2, -0.15) is 8.78 Å². The summed E-state index contributed by atoms with van der Waals surface area (Å²) in [4.78, 5) is 0. The van der Waals surface area contributed by atoms with Crippen LogP contribution in [-0.4, -0.2) is 20.8 Å². The summed E-state index contributed by atoms with van der Waals surface area (Å²) in [6, 6.07) is 11.3. The molecule has 0 saturated heterocycles. The van der Waals surface area contributed by atoms with Crippen LogP contribution >= 0.6 is 15.9 Å². The molecule has 25 heavy (non-hydrogen) atoms. The number of nitrogens with one attached hydrogen (secondary N) is 1. The fourth-order valence-electron chi connectivity index (χ4n) is 2.45. The zero-order chi connectivity index (χ0) is 18.4. The standard InChI is InChI=1S/C18H20BrF2NO3/c1-11(13-6-4-5-7-14(13)19)22-10-12-8-15(23-2)17(25-18(20)21)16(9-12)24-3/h4-9,11,18,22H,10H2,1-3H3. The largest absolute Gasteiger partial charge is 0.493 e. The molecule has 0 aliphatic heterocycles. The molecule has 0 saturated carbocycles. The van der Waals surface area contributed by atoms with Crippen LogP contribution in [0.1, 0.15) is 24.1 Å². The van der Waals surface area contributed by atoms with Crippen LogP contribution in [0, 0.1) is 0 Å². The second-order valence-corrected chi connectivity index (χ2v) is 6.19. The molecule has 1 atom stereocenters. The lowest BCUT2D eigenvalue weighted by Crippen LogP contribution is -2.18. The molecule has 0 amide bonds. The Morgan fingerprint density at radius 1 is 1.08 bits per heavy atom. The molecule has 2 aromatic rings. The molecule has 0 spiro atoms. The van der Waals surface area contributed by atoms with Crippen LogP contribution in [0.4, 0.5) is 8.78 Å². The minimum atomic E-state index is -2.96. The molecule has 1 N–H and O–H groups in total. The minimum absolute atomic E-state index is 0.0876. The summed E-state index contributed by atoms with van der Waals surface area (Å²) < 4.78 is 41.0. The van der Waals surface area contributed by atoms with Crippen LogP contribution in [0.25, 0.3) is 0 Å². The molecular weight excluding hydrogens is 396 g/mol. The van der Waals surface area contributed by atoms with E-state index in [9.17, 15) is 8.78 Å². The Balaban J connectivity index is 2.18. The lowest BCUT2D eigenvalue weighted by Gasteiger charge is -2.18. The average Bonchev–Trinajstić information content (AvgIpc) is 2.60. The van der Waals surface area contributed by atoms with E-state index in [-0.39, 0.29) is 23.3 Å². The van der Waals surface area contributed by atoms with Crippen LogP contribution in [-0.2, 0) is 6.54 Å². The van der Waals surface area contributed by atoms with Gasteiger partial charge in [0.1, 0.15) is 0 Å². The number of rotatable bonds is 8. The molecule has 2 aromatic carbocycles. The molecule has 136 valence electrons. The van der Waals surface area contributed by atoms with E-state index in [1.165, 1.54) is 14.2 Å². The Kier molecular flexibility index (Phi) is 7.01. The third kappa shape index (κ3) is 5.06. The third-order valence-electron chi connectivity index (χ3n) is 3.71. The van der Waals surface area contributed by atoms with Gasteiger partial charge < -0.3 is 19.5 Å². The van der Waals surface area contributed by atoms with E-state index < -0.39 is 6.61 Å². The molecular formula is C18H20BrF2NO3. The van der Waals surface area contributed by atoms with Crippen molar-refractivity contribution in [3.8, 4) is 17.2 Å². The Hall–Kier alpha value is -1.86. The number of ether oxygens (including phenoxy) is 3. The molecule has 0 heterocycles. The third-order valence-corrected chi connectivity index (χ3v) is 4.43. The van der Waals surface area contributed by atoms with E-state index in [2.05, 4.69) is 26.0 Å². The summed E-state index contributed by atoms with van der Waals surface area (Å²) in [5, 5.41) is 3.39. The highest BCUT2D eigenvalue weighted by Crippen LogP contribution is 2.39. The second-order valence-electron chi connectivity index (χ2n) is 5.33. The van der Waals surface area contributed by atoms with Crippen LogP contribution in [0.3, 0.4) is 0 Å². The monoisotopic (exact) mass is 415 g/mol. The van der Waals surface area contributed by atoms with Gasteiger partial charge in [-0.3, -0.25) is 0 Å². The molecule has 2 rings (SSSR count). The van der Waals surface area contributed by atoms with Crippen molar-refractivity contribution in [1.82, 2.24) is 5.32 Å². The number of methoxy groups -OCH3 is 2. The molecule has 0 radical (unpaired) electrons. The summed E-state index contributed by atoms with van der Waals surface area (Å²) >= 11 is 3.53. The van der Waals surface area contributed by atoms with Crippen molar-refractivity contribution in [3.63, 3.8) is 0 Å². The van der Waals surface area contributed by atoms with E-state index in [0.29, 0.717) is 6.54 Å². The summed E-state index contributed by atoms with van der Waals surface area (Å²) in [6.45, 7) is -0.408. The van der Waals surface area contributed by atoms with Gasteiger partial charge in [-0.1, -0.05) is 34.1 Å². The average molecular weight is 416 g/mol. The molecule has 0 aliphatic rings. The van der Waals surface area contributed by atoms with Crippen molar-refractivity contribution in [2.45, 2.75) is 26.1 Å². The highest BCUT2D eigenvalue weighted by molar-refractivity contribution is 9.10. The number of hydrogen-bond acceptors (Lipinski definition) is 4. The first-order valence-corrected chi connectivity index (χ1v) is 8.43. The number of hydrogen-bond donors (Lipinski definition) is 1. The first kappa shape index (κ1) is 19.5. The number of alkyl halides is 2. The van der Waals surface area contributed by atoms with Crippen LogP contribution in [0.15, 0.2) is 40.9 Å². The molecule has 4 nitrogen and oxygen atoms in total. The number of halogens is 3. The van der Waals surface area contributed by atoms with E-state index in [4.69, 9.17) is 9.47 Å². The molecule has 7 heteroatoms. The predicted octanol–water partition coefficient (Wildman–Crippen LogP) is 4.92. The molecule has 0 aromatic heterocycles. The highest BCUT2D eigenvalue weighted by atomic mass is 79.9. The van der Waals surface area contributed by atoms with Crippen molar-refractivity contribution in [1.29, 1.82) is 0 Å². The first-order valence-electron chi connectivity index (χ1n) is 7.63. The van der Waals surface area contributed by atoms with E-state index in [1.807, 2.05) is 31.2 Å². The molecule has 0 aliphatic carbocycles. The van der Waals surface area contributed by atoms with Crippen LogP contribution in [0.5, 0.6) is 17.2 Å². The van der Waals surface area contributed by atoms with Gasteiger partial charge in [0, 0.05) is 17.1 Å². The lowest BCUT2D eigenvalue weighted by molar-refractivity contribution is -0.0526. The Morgan fingerprint density at radius 2 is 1.68 bits per heavy atom. The fraction of sp³-hybridized carbons (Fsp3) is 0.333. The predicted molar refractivity (Wildman–Crippen MR) is 95.6 cm³/mol. The van der Waals surface area contributed by atoms with Gasteiger partial charge in [-0.25, -0.2) is 0 Å². The zero-order valence-corrected chi connectivity index (χ0v) is 15.8. The van der Waals surface area contributed by atoms with E-state index in [1.54, 1.807) is 12.1 Å². The summed E-state index contributed by atoms with van der Waals surface area (Å²) in [5.41, 5.74) is 1.95. The SMILES string of the molecule is COc1cc(CNC(C)c2ccccc2Br)cc(OC)c1OC(F)F. The fourth-order valence-corrected chi connectivity index (χ4v) is 3.08. The van der Waals surface area contributed by atoms with Crippen molar-refractivity contribution in [2.24, 2.45) is 0 Å². The van der Waals surface area contributed by atoms with Crippen LogP contribution < -0.4 is 19.5 Å². The number of benzene rings is 2. The Morgan fingerprint density at radius 3 is 2.20 bits per heavy atom. The zero-order valence-electron chi connectivity index (χ0n) is 14.2. The van der Waals surface area contributed by atoms with Gasteiger partial charge in [0.25, 0.3) is 0 Å². The van der Waals surface area contributed by atoms with Crippen molar-refractivity contribution < 1.29 is 23.0 Å². The maximum Gasteiger partial charge on any atom is 0.387 e. The van der Waals surface area contributed by atoms with Gasteiger partial charge in [0.2, 0.25) is 5.75 Å². The smallest absolute Gasteiger partial charge is 0.387 e. The Labute approximate surface area is 154 Å². The maximum atomic E-state index is 12.6. The molecule has 0 bridgehead atoms. The second kappa shape index (κ2) is 9.01. The van der Waals surface area contributed by atoms with Crippen LogP contribution in [0.2, 0.25) is 0 Å². The summed E-state index contributed by atoms with van der Waals surface area (Å²) in [7, 11) is 2.79. The van der Waals surface area contributed by atoms with Gasteiger partial charge in [-0.05, 0) is 36.2 Å². The van der Waals surface area contributed by atoms with Gasteiger partial charge >= 0.3 is 6.61 Å². The highest BCUT2D eigenvalue weighted by Gasteiger charge is 2.18. The van der Waals surface area contributed by atoms with E-state index >= 15 is 0 Å². The quantitative estimate of drug-likeness (QED) is 0.664. The van der Waals surface area contributed by atoms with Crippen molar-refractivity contribution >= 4 is 15.9 Å². The lowest BCUT2D eigenvalue weighted by atomic mass is 10.1. The molecule has 1 unspecified atom stereocenters. The van der Waals surface area contributed by atoms with E-state index in [0.717, 1.165) is 15.6 Å². The topological polar surface area (TPSA) is 39.7 Å². The molecule has 0 fully saturated rings. The van der Waals surface area contributed by atoms with Gasteiger partial charge in [0.15, 0.2) is 11.5 Å². The van der Waals surface area contributed by atoms with Crippen molar-refractivity contribution in [3.05, 3.63) is 52.0 Å². The maximum absolute atomic E-state index is 12.6. The summed E-state index contributed by atoms with van der Waals surface area (Å²) in [5.74, 6) is 0.289. The van der Waals surface area contributed by atoms with Crippen molar-refractivity contribution in [2.75, 3.05) is 14.2 Å². The first-order chi connectivity index (χ1) is 12.0.